The predicted molar refractivity (Wildman–Crippen MR) is 77.9 cm³/mol. The minimum atomic E-state index is -0.630. The number of hydrogen-bond donors (Lipinski definition) is 0. The largest absolute Gasteiger partial charge is 0.460 e. The number of fused-ring (bicyclic) bond motifs is 1. The lowest BCUT2D eigenvalue weighted by molar-refractivity contribution is -0.506. The number of ether oxygens (including phenoxy) is 1. The van der Waals surface area contributed by atoms with Gasteiger partial charge in [-0.3, -0.25) is 14.9 Å². The lowest BCUT2D eigenvalue weighted by Crippen LogP contribution is -2.51. The van der Waals surface area contributed by atoms with Gasteiger partial charge in [0.1, 0.15) is 5.60 Å². The summed E-state index contributed by atoms with van der Waals surface area (Å²) < 4.78 is 5.33. The van der Waals surface area contributed by atoms with Crippen LogP contribution in [0.1, 0.15) is 40.0 Å². The molecule has 2 aliphatic rings. The molecular formula is C16H21NO4. The maximum absolute atomic E-state index is 12.1. The van der Waals surface area contributed by atoms with Crippen LogP contribution in [0.4, 0.5) is 0 Å². The molecule has 114 valence electrons. The lowest BCUT2D eigenvalue weighted by Gasteiger charge is -2.49. The Morgan fingerprint density at radius 1 is 1.62 bits per heavy atom. The smallest absolute Gasteiger partial charge is 0.307 e. The SMILES string of the molecule is C#CC1=C[C@@H]2[C@H](C1)C[C@@]2(CC(=O)OC(C)(C)C)C[N+](=O)[O-]. The fraction of sp³-hybridized carbons (Fsp3) is 0.688. The predicted octanol–water partition coefficient (Wildman–Crippen LogP) is 2.58. The molecule has 0 saturated heterocycles. The molecule has 0 bridgehead atoms. The molecule has 0 aromatic heterocycles. The van der Waals surface area contributed by atoms with E-state index >= 15 is 0 Å². The highest BCUT2D eigenvalue weighted by atomic mass is 16.6. The van der Waals surface area contributed by atoms with E-state index in [1.54, 1.807) is 20.8 Å². The van der Waals surface area contributed by atoms with Gasteiger partial charge in [-0.15, -0.1) is 6.42 Å². The second kappa shape index (κ2) is 5.18. The minimum absolute atomic E-state index is 0.0291. The summed E-state index contributed by atoms with van der Waals surface area (Å²) in [5.74, 6) is 2.63. The van der Waals surface area contributed by atoms with Gasteiger partial charge >= 0.3 is 5.97 Å². The molecule has 2 rings (SSSR count). The van der Waals surface area contributed by atoms with Crippen LogP contribution in [-0.4, -0.2) is 23.0 Å². The molecule has 1 saturated carbocycles. The number of nitro groups is 1. The monoisotopic (exact) mass is 291 g/mol. The summed E-state index contributed by atoms with van der Waals surface area (Å²) >= 11 is 0. The van der Waals surface area contributed by atoms with Crippen molar-refractivity contribution in [3.05, 3.63) is 21.8 Å². The number of rotatable bonds is 4. The van der Waals surface area contributed by atoms with E-state index < -0.39 is 11.0 Å². The van der Waals surface area contributed by atoms with Crippen LogP contribution in [0.15, 0.2) is 11.6 Å². The Morgan fingerprint density at radius 2 is 2.29 bits per heavy atom. The van der Waals surface area contributed by atoms with Gasteiger partial charge in [-0.2, -0.15) is 0 Å². The van der Waals surface area contributed by atoms with Crippen molar-refractivity contribution >= 4 is 5.97 Å². The number of allylic oxidation sites excluding steroid dienone is 2. The number of carbonyl (C=O) groups excluding carboxylic acids is 1. The molecule has 0 amide bonds. The molecule has 0 N–H and O–H groups in total. The number of esters is 1. The molecule has 0 aromatic carbocycles. The second-order valence-corrected chi connectivity index (χ2v) is 7.15. The second-order valence-electron chi connectivity index (χ2n) is 7.15. The Kier molecular flexibility index (Phi) is 3.83. The van der Waals surface area contributed by atoms with Gasteiger partial charge in [0.05, 0.1) is 11.8 Å². The zero-order valence-electron chi connectivity index (χ0n) is 12.7. The van der Waals surface area contributed by atoms with E-state index in [0.717, 1.165) is 12.0 Å². The van der Waals surface area contributed by atoms with Crippen molar-refractivity contribution in [2.45, 2.75) is 45.6 Å². The summed E-state index contributed by atoms with van der Waals surface area (Å²) in [6, 6.07) is 0. The van der Waals surface area contributed by atoms with E-state index in [1.807, 2.05) is 6.08 Å². The quantitative estimate of drug-likeness (QED) is 0.345. The van der Waals surface area contributed by atoms with Crippen molar-refractivity contribution in [2.75, 3.05) is 6.54 Å². The first-order valence-electron chi connectivity index (χ1n) is 7.16. The average molecular weight is 291 g/mol. The summed E-state index contributed by atoms with van der Waals surface area (Å²) in [5.41, 5.74) is -0.305. The Bertz CT molecular complexity index is 537. The molecule has 21 heavy (non-hydrogen) atoms. The van der Waals surface area contributed by atoms with Gasteiger partial charge in [0.2, 0.25) is 6.54 Å². The molecule has 0 aromatic rings. The molecule has 2 aliphatic carbocycles. The summed E-state index contributed by atoms with van der Waals surface area (Å²) in [5, 5.41) is 11.0. The first-order valence-corrected chi connectivity index (χ1v) is 7.16. The molecule has 0 spiro atoms. The Morgan fingerprint density at radius 3 is 2.81 bits per heavy atom. The van der Waals surface area contributed by atoms with Crippen LogP contribution >= 0.6 is 0 Å². The molecule has 0 heterocycles. The standard InChI is InChI=1S/C16H21NO4/c1-5-11-6-12-8-16(10-17(19)20,13(12)7-11)9-14(18)21-15(2,3)4/h1,7,12-13H,6,8-10H2,2-4H3/t12-,13-,16-/m1/s1. The van der Waals surface area contributed by atoms with Crippen LogP contribution in [0.5, 0.6) is 0 Å². The maximum atomic E-state index is 12.1. The minimum Gasteiger partial charge on any atom is -0.460 e. The number of terminal acetylenes is 1. The fourth-order valence-electron chi connectivity index (χ4n) is 3.65. The van der Waals surface area contributed by atoms with E-state index in [1.165, 1.54) is 0 Å². The summed E-state index contributed by atoms with van der Waals surface area (Å²) in [6.07, 6.45) is 8.91. The molecule has 3 atom stereocenters. The molecule has 5 heteroatoms. The third-order valence-corrected chi connectivity index (χ3v) is 4.29. The third kappa shape index (κ3) is 3.26. The molecule has 0 unspecified atom stereocenters. The fourth-order valence-corrected chi connectivity index (χ4v) is 3.65. The van der Waals surface area contributed by atoms with E-state index in [0.29, 0.717) is 12.3 Å². The van der Waals surface area contributed by atoms with Gasteiger partial charge in [-0.05, 0) is 51.0 Å². The number of hydrogen-bond acceptors (Lipinski definition) is 4. The van der Waals surface area contributed by atoms with E-state index in [9.17, 15) is 14.9 Å². The molecule has 0 radical (unpaired) electrons. The number of nitrogens with zero attached hydrogens (tertiary/aromatic N) is 1. The van der Waals surface area contributed by atoms with Crippen molar-refractivity contribution < 1.29 is 14.5 Å². The summed E-state index contributed by atoms with van der Waals surface area (Å²) in [6.45, 7) is 5.17. The molecular weight excluding hydrogens is 270 g/mol. The van der Waals surface area contributed by atoms with Gasteiger partial charge in [0, 0.05) is 4.92 Å². The van der Waals surface area contributed by atoms with Gasteiger partial charge in [-0.25, -0.2) is 0 Å². The normalized spacial score (nSPS) is 30.7. The van der Waals surface area contributed by atoms with Crippen molar-refractivity contribution in [1.29, 1.82) is 0 Å². The van der Waals surface area contributed by atoms with E-state index in [2.05, 4.69) is 5.92 Å². The Balaban J connectivity index is 2.14. The van der Waals surface area contributed by atoms with Gasteiger partial charge in [0.15, 0.2) is 0 Å². The van der Waals surface area contributed by atoms with E-state index in [4.69, 9.17) is 11.2 Å². The maximum Gasteiger partial charge on any atom is 0.307 e. The molecule has 0 aliphatic heterocycles. The first kappa shape index (κ1) is 15.6. The topological polar surface area (TPSA) is 69.4 Å². The van der Waals surface area contributed by atoms with Crippen molar-refractivity contribution in [1.82, 2.24) is 0 Å². The zero-order chi connectivity index (χ0) is 15.8. The number of carbonyl (C=O) groups is 1. The van der Waals surface area contributed by atoms with Crippen LogP contribution in [0.3, 0.4) is 0 Å². The van der Waals surface area contributed by atoms with Crippen LogP contribution in [0.25, 0.3) is 0 Å². The Hall–Kier alpha value is -1.83. The van der Waals surface area contributed by atoms with Crippen LogP contribution in [0, 0.1) is 39.7 Å². The van der Waals surface area contributed by atoms with Crippen molar-refractivity contribution in [3.63, 3.8) is 0 Å². The van der Waals surface area contributed by atoms with E-state index in [-0.39, 0.29) is 29.8 Å². The highest BCUT2D eigenvalue weighted by Gasteiger charge is 2.59. The molecule has 5 nitrogen and oxygen atoms in total. The van der Waals surface area contributed by atoms with Crippen LogP contribution in [-0.2, 0) is 9.53 Å². The zero-order valence-corrected chi connectivity index (χ0v) is 12.7. The average Bonchev–Trinajstić information content (AvgIpc) is 2.63. The van der Waals surface area contributed by atoms with Gasteiger partial charge < -0.3 is 4.74 Å². The Labute approximate surface area is 124 Å². The first-order chi connectivity index (χ1) is 9.65. The highest BCUT2D eigenvalue weighted by molar-refractivity contribution is 5.71. The lowest BCUT2D eigenvalue weighted by atomic mass is 9.53. The highest BCUT2D eigenvalue weighted by Crippen LogP contribution is 2.59. The van der Waals surface area contributed by atoms with Crippen molar-refractivity contribution in [3.8, 4) is 12.3 Å². The van der Waals surface area contributed by atoms with Gasteiger partial charge in [-0.1, -0.05) is 12.0 Å². The third-order valence-electron chi connectivity index (χ3n) is 4.29. The van der Waals surface area contributed by atoms with Crippen LogP contribution < -0.4 is 0 Å². The van der Waals surface area contributed by atoms with Gasteiger partial charge in [0.25, 0.3) is 0 Å². The van der Waals surface area contributed by atoms with Crippen LogP contribution in [0.2, 0.25) is 0 Å². The summed E-state index contributed by atoms with van der Waals surface area (Å²) in [4.78, 5) is 22.8. The summed E-state index contributed by atoms with van der Waals surface area (Å²) in [7, 11) is 0. The van der Waals surface area contributed by atoms with Crippen molar-refractivity contribution in [2.24, 2.45) is 17.3 Å². The molecule has 1 fully saturated rings.